The number of nitrogens with one attached hydrogen (secondary N) is 1. The van der Waals surface area contributed by atoms with Crippen LogP contribution in [-0.2, 0) is 0 Å². The summed E-state index contributed by atoms with van der Waals surface area (Å²) in [4.78, 5) is 15.2. The molecule has 1 aromatic heterocycles. The summed E-state index contributed by atoms with van der Waals surface area (Å²) in [6.07, 6.45) is 4.03. The summed E-state index contributed by atoms with van der Waals surface area (Å²) in [6.45, 7) is 6.81. The molecule has 3 saturated heterocycles. The molecule has 3 aliphatic heterocycles. The van der Waals surface area contributed by atoms with Gasteiger partial charge < -0.3 is 9.73 Å². The van der Waals surface area contributed by atoms with E-state index >= 15 is 0 Å². The lowest BCUT2D eigenvalue weighted by atomic mass is 9.72. The topological polar surface area (TPSA) is 45.5 Å². The van der Waals surface area contributed by atoms with Crippen LogP contribution in [0.15, 0.2) is 34.9 Å². The second-order valence-electron chi connectivity index (χ2n) is 7.10. The summed E-state index contributed by atoms with van der Waals surface area (Å²) in [6, 6.07) is 7.78. The zero-order chi connectivity index (χ0) is 15.3. The van der Waals surface area contributed by atoms with Crippen molar-refractivity contribution in [2.24, 2.45) is 5.92 Å². The van der Waals surface area contributed by atoms with E-state index in [-0.39, 0.29) is 17.5 Å². The third-order valence-corrected chi connectivity index (χ3v) is 5.59. The lowest BCUT2D eigenvalue weighted by molar-refractivity contribution is -0.0378. The Morgan fingerprint density at radius 3 is 2.77 bits per heavy atom. The first-order chi connectivity index (χ1) is 10.6. The second kappa shape index (κ2) is 4.85. The van der Waals surface area contributed by atoms with Crippen LogP contribution >= 0.6 is 0 Å². The van der Waals surface area contributed by atoms with Crippen LogP contribution in [0.5, 0.6) is 0 Å². The van der Waals surface area contributed by atoms with Gasteiger partial charge in [-0.1, -0.05) is 6.07 Å². The van der Waals surface area contributed by atoms with Crippen molar-refractivity contribution in [2.75, 3.05) is 13.1 Å². The summed E-state index contributed by atoms with van der Waals surface area (Å²) in [7, 11) is 0. The van der Waals surface area contributed by atoms with E-state index in [1.165, 1.54) is 12.8 Å². The number of hydrogen-bond acceptors (Lipinski definition) is 3. The van der Waals surface area contributed by atoms with E-state index in [1.54, 1.807) is 6.26 Å². The number of hydrogen-bond donors (Lipinski definition) is 1. The maximum absolute atomic E-state index is 12.7. The van der Waals surface area contributed by atoms with Crippen LogP contribution in [0.3, 0.4) is 0 Å². The highest BCUT2D eigenvalue weighted by Gasteiger charge is 2.48. The number of carbonyl (C=O) groups is 1. The normalized spacial score (nSPS) is 29.6. The first kappa shape index (κ1) is 13.8. The van der Waals surface area contributed by atoms with Crippen LogP contribution in [-0.4, -0.2) is 35.5 Å². The third-order valence-electron chi connectivity index (χ3n) is 5.59. The molecule has 22 heavy (non-hydrogen) atoms. The Balaban J connectivity index is 1.58. The molecule has 4 heterocycles. The fraction of sp³-hybridized carbons (Fsp3) is 0.500. The Morgan fingerprint density at radius 2 is 2.05 bits per heavy atom. The number of carbonyl (C=O) groups excluding carboxylic acids is 1. The zero-order valence-electron chi connectivity index (χ0n) is 13.1. The maximum atomic E-state index is 12.7. The van der Waals surface area contributed by atoms with Gasteiger partial charge in [0.2, 0.25) is 0 Å². The van der Waals surface area contributed by atoms with Gasteiger partial charge in [0.15, 0.2) is 0 Å². The van der Waals surface area contributed by atoms with Crippen molar-refractivity contribution in [3.05, 3.63) is 36.1 Å². The highest BCUT2D eigenvalue weighted by Crippen LogP contribution is 2.39. The second-order valence-corrected chi connectivity index (χ2v) is 7.10. The Labute approximate surface area is 130 Å². The minimum atomic E-state index is 0.00475. The van der Waals surface area contributed by atoms with E-state index < -0.39 is 0 Å². The number of fused-ring (bicyclic) bond motifs is 4. The maximum Gasteiger partial charge on any atom is 0.251 e. The zero-order valence-corrected chi connectivity index (χ0v) is 13.1. The van der Waals surface area contributed by atoms with Crippen molar-refractivity contribution < 1.29 is 9.21 Å². The summed E-state index contributed by atoms with van der Waals surface area (Å²) in [5.41, 5.74) is 1.47. The molecule has 116 valence electrons. The molecule has 0 unspecified atom stereocenters. The van der Waals surface area contributed by atoms with Gasteiger partial charge in [-0.05, 0) is 63.9 Å². The number of nitrogens with zero attached hydrogens (tertiary/aromatic N) is 1. The molecule has 0 radical (unpaired) electrons. The average Bonchev–Trinajstić information content (AvgIpc) is 2.98. The fourth-order valence-corrected chi connectivity index (χ4v) is 4.20. The van der Waals surface area contributed by atoms with Crippen molar-refractivity contribution in [3.8, 4) is 0 Å². The average molecular weight is 298 g/mol. The van der Waals surface area contributed by atoms with Gasteiger partial charge in [0.05, 0.1) is 6.26 Å². The molecular formula is C18H22N2O2. The monoisotopic (exact) mass is 298 g/mol. The molecule has 5 rings (SSSR count). The predicted molar refractivity (Wildman–Crippen MR) is 85.8 cm³/mol. The molecule has 3 aliphatic rings. The quantitative estimate of drug-likeness (QED) is 0.927. The SMILES string of the molecule is CC1(C)[C@H](NC(=O)c2ccc3ccoc3c2)C2CCN1CC2. The van der Waals surface area contributed by atoms with E-state index in [4.69, 9.17) is 4.42 Å². The first-order valence-electron chi connectivity index (χ1n) is 8.09. The van der Waals surface area contributed by atoms with Crippen LogP contribution in [0.1, 0.15) is 37.0 Å². The van der Waals surface area contributed by atoms with Gasteiger partial charge in [0.25, 0.3) is 5.91 Å². The lowest BCUT2D eigenvalue weighted by Crippen LogP contribution is -2.69. The Kier molecular flexibility index (Phi) is 3.05. The van der Waals surface area contributed by atoms with Crippen molar-refractivity contribution in [3.63, 3.8) is 0 Å². The van der Waals surface area contributed by atoms with Crippen LogP contribution in [0.4, 0.5) is 0 Å². The highest BCUT2D eigenvalue weighted by molar-refractivity contribution is 5.97. The number of furan rings is 1. The predicted octanol–water partition coefficient (Wildman–Crippen LogP) is 3.04. The Morgan fingerprint density at radius 1 is 1.27 bits per heavy atom. The van der Waals surface area contributed by atoms with Crippen LogP contribution < -0.4 is 5.32 Å². The standard InChI is InChI=1S/C18H22N2O2/c1-18(2)16(13-5-8-20(18)9-6-13)19-17(21)14-4-3-12-7-10-22-15(12)11-14/h3-4,7,10-11,13,16H,5-6,8-9H2,1-2H3,(H,19,21)/t16-/m1/s1. The van der Waals surface area contributed by atoms with Gasteiger partial charge in [-0.2, -0.15) is 0 Å². The fourth-order valence-electron chi connectivity index (χ4n) is 4.20. The summed E-state index contributed by atoms with van der Waals surface area (Å²) in [5, 5.41) is 4.32. The molecule has 2 aromatic rings. The summed E-state index contributed by atoms with van der Waals surface area (Å²) >= 11 is 0. The molecular weight excluding hydrogens is 276 g/mol. The van der Waals surface area contributed by atoms with E-state index in [0.717, 1.165) is 24.1 Å². The Bertz CT molecular complexity index is 711. The van der Waals surface area contributed by atoms with E-state index in [2.05, 4.69) is 24.1 Å². The van der Waals surface area contributed by atoms with E-state index in [0.29, 0.717) is 11.5 Å². The highest BCUT2D eigenvalue weighted by atomic mass is 16.3. The number of piperidine rings is 3. The van der Waals surface area contributed by atoms with Crippen molar-refractivity contribution in [2.45, 2.75) is 38.3 Å². The molecule has 0 saturated carbocycles. The van der Waals surface area contributed by atoms with Crippen molar-refractivity contribution >= 4 is 16.9 Å². The van der Waals surface area contributed by atoms with Crippen LogP contribution in [0.2, 0.25) is 0 Å². The molecule has 4 heteroatoms. The third kappa shape index (κ3) is 2.05. The van der Waals surface area contributed by atoms with Gasteiger partial charge in [-0.3, -0.25) is 9.69 Å². The number of rotatable bonds is 2. The lowest BCUT2D eigenvalue weighted by Gasteiger charge is -2.56. The van der Waals surface area contributed by atoms with E-state index in [1.807, 2.05) is 24.3 Å². The first-order valence-corrected chi connectivity index (χ1v) is 8.09. The van der Waals surface area contributed by atoms with Gasteiger partial charge in [-0.15, -0.1) is 0 Å². The number of benzene rings is 1. The minimum Gasteiger partial charge on any atom is -0.464 e. The van der Waals surface area contributed by atoms with Crippen molar-refractivity contribution in [1.82, 2.24) is 10.2 Å². The van der Waals surface area contributed by atoms with E-state index in [9.17, 15) is 4.79 Å². The van der Waals surface area contributed by atoms with Crippen LogP contribution in [0.25, 0.3) is 11.0 Å². The number of amides is 1. The van der Waals surface area contributed by atoms with Gasteiger partial charge in [0, 0.05) is 22.5 Å². The summed E-state index contributed by atoms with van der Waals surface area (Å²) < 4.78 is 5.40. The van der Waals surface area contributed by atoms with Crippen molar-refractivity contribution in [1.29, 1.82) is 0 Å². The summed E-state index contributed by atoms with van der Waals surface area (Å²) in [5.74, 6) is 0.599. The molecule has 0 spiro atoms. The smallest absolute Gasteiger partial charge is 0.251 e. The molecule has 1 atom stereocenters. The molecule has 1 aromatic carbocycles. The molecule has 4 nitrogen and oxygen atoms in total. The molecule has 1 N–H and O–H groups in total. The van der Waals surface area contributed by atoms with Crippen LogP contribution in [0, 0.1) is 5.92 Å². The van der Waals surface area contributed by atoms with Gasteiger partial charge in [-0.25, -0.2) is 0 Å². The van der Waals surface area contributed by atoms with Gasteiger partial charge in [0.1, 0.15) is 5.58 Å². The molecule has 1 amide bonds. The molecule has 2 bridgehead atoms. The Hall–Kier alpha value is -1.81. The largest absolute Gasteiger partial charge is 0.464 e. The molecule has 0 aliphatic carbocycles. The minimum absolute atomic E-state index is 0.00475. The molecule has 3 fully saturated rings. The van der Waals surface area contributed by atoms with Gasteiger partial charge >= 0.3 is 0 Å².